The SMILES string of the molecule is O=C(CN1CCc2sccc2C1c1cccs1)Nc1cccc(C(=O)NC2CC2)c1. The molecule has 1 saturated carbocycles. The fourth-order valence-corrected chi connectivity index (χ4v) is 5.72. The molecule has 3 aromatic rings. The molecule has 0 spiro atoms. The fourth-order valence-electron chi connectivity index (χ4n) is 3.94. The van der Waals surface area contributed by atoms with E-state index in [9.17, 15) is 9.59 Å². The lowest BCUT2D eigenvalue weighted by Crippen LogP contribution is -2.40. The number of nitrogens with one attached hydrogen (secondary N) is 2. The lowest BCUT2D eigenvalue weighted by molar-refractivity contribution is -0.117. The molecule has 1 atom stereocenters. The topological polar surface area (TPSA) is 61.4 Å². The highest BCUT2D eigenvalue weighted by atomic mass is 32.1. The molecule has 30 heavy (non-hydrogen) atoms. The zero-order chi connectivity index (χ0) is 20.5. The molecule has 2 aromatic heterocycles. The van der Waals surface area contributed by atoms with Gasteiger partial charge in [0.1, 0.15) is 0 Å². The van der Waals surface area contributed by atoms with Crippen LogP contribution in [0.3, 0.4) is 0 Å². The molecule has 1 fully saturated rings. The van der Waals surface area contributed by atoms with E-state index in [1.165, 1.54) is 15.3 Å². The van der Waals surface area contributed by atoms with Gasteiger partial charge in [0, 0.05) is 33.6 Å². The van der Waals surface area contributed by atoms with Gasteiger partial charge in [-0.05, 0) is 65.9 Å². The Morgan fingerprint density at radius 1 is 1.07 bits per heavy atom. The molecule has 0 saturated heterocycles. The molecule has 5 nitrogen and oxygen atoms in total. The largest absolute Gasteiger partial charge is 0.349 e. The minimum atomic E-state index is -0.0765. The number of hydrogen-bond acceptors (Lipinski definition) is 5. The van der Waals surface area contributed by atoms with Gasteiger partial charge in [-0.15, -0.1) is 22.7 Å². The Balaban J connectivity index is 1.29. The highest BCUT2D eigenvalue weighted by Gasteiger charge is 2.31. The first-order valence-electron chi connectivity index (χ1n) is 10.2. The number of nitrogens with zero attached hydrogens (tertiary/aromatic N) is 1. The Hall–Kier alpha value is -2.48. The van der Waals surface area contributed by atoms with Gasteiger partial charge in [-0.3, -0.25) is 14.5 Å². The van der Waals surface area contributed by atoms with Crippen molar-refractivity contribution in [3.8, 4) is 0 Å². The summed E-state index contributed by atoms with van der Waals surface area (Å²) in [4.78, 5) is 30.1. The van der Waals surface area contributed by atoms with Crippen LogP contribution in [0.2, 0.25) is 0 Å². The van der Waals surface area contributed by atoms with Crippen molar-refractivity contribution in [3.05, 3.63) is 74.1 Å². The van der Waals surface area contributed by atoms with Crippen LogP contribution in [0.5, 0.6) is 0 Å². The second-order valence-corrected chi connectivity index (χ2v) is 9.79. The van der Waals surface area contributed by atoms with Crippen LogP contribution in [-0.4, -0.2) is 35.8 Å². The Bertz CT molecular complexity index is 1060. The fraction of sp³-hybridized carbons (Fsp3) is 0.304. The third kappa shape index (κ3) is 4.19. The molecule has 2 N–H and O–H groups in total. The molecule has 3 heterocycles. The van der Waals surface area contributed by atoms with E-state index in [1.807, 2.05) is 12.1 Å². The molecule has 1 aliphatic heterocycles. The number of carbonyl (C=O) groups excluding carboxylic acids is 2. The molecule has 1 unspecified atom stereocenters. The summed E-state index contributed by atoms with van der Waals surface area (Å²) >= 11 is 3.54. The van der Waals surface area contributed by atoms with Crippen molar-refractivity contribution in [1.82, 2.24) is 10.2 Å². The van der Waals surface area contributed by atoms with Gasteiger partial charge in [-0.2, -0.15) is 0 Å². The van der Waals surface area contributed by atoms with Crippen molar-refractivity contribution < 1.29 is 9.59 Å². The van der Waals surface area contributed by atoms with Crippen LogP contribution in [0.4, 0.5) is 5.69 Å². The summed E-state index contributed by atoms with van der Waals surface area (Å²) < 4.78 is 0. The molecule has 5 rings (SSSR count). The molecular formula is C23H23N3O2S2. The highest BCUT2D eigenvalue weighted by Crippen LogP contribution is 2.39. The van der Waals surface area contributed by atoms with Crippen molar-refractivity contribution in [3.63, 3.8) is 0 Å². The molecule has 2 aliphatic rings. The van der Waals surface area contributed by atoms with Gasteiger partial charge in [-0.25, -0.2) is 0 Å². The highest BCUT2D eigenvalue weighted by molar-refractivity contribution is 7.10. The molecule has 7 heteroatoms. The van der Waals surface area contributed by atoms with Crippen molar-refractivity contribution >= 4 is 40.2 Å². The minimum Gasteiger partial charge on any atom is -0.349 e. The molecule has 2 amide bonds. The number of thiophene rings is 2. The first-order chi connectivity index (χ1) is 14.7. The third-order valence-electron chi connectivity index (χ3n) is 5.55. The number of benzene rings is 1. The molecule has 1 aromatic carbocycles. The van der Waals surface area contributed by atoms with Crippen LogP contribution in [0.15, 0.2) is 53.2 Å². The summed E-state index contributed by atoms with van der Waals surface area (Å²) in [5.41, 5.74) is 2.56. The van der Waals surface area contributed by atoms with E-state index in [4.69, 9.17) is 0 Å². The zero-order valence-electron chi connectivity index (χ0n) is 16.5. The van der Waals surface area contributed by atoms with Crippen molar-refractivity contribution in [2.24, 2.45) is 0 Å². The summed E-state index contributed by atoms with van der Waals surface area (Å²) in [6.07, 6.45) is 3.07. The second-order valence-electron chi connectivity index (χ2n) is 7.81. The monoisotopic (exact) mass is 437 g/mol. The van der Waals surface area contributed by atoms with Crippen molar-refractivity contribution in [2.75, 3.05) is 18.4 Å². The average molecular weight is 438 g/mol. The maximum absolute atomic E-state index is 12.9. The quantitative estimate of drug-likeness (QED) is 0.605. The third-order valence-corrected chi connectivity index (χ3v) is 7.47. The lowest BCUT2D eigenvalue weighted by atomic mass is 9.98. The summed E-state index contributed by atoms with van der Waals surface area (Å²) in [5, 5.41) is 10.2. The number of carbonyl (C=O) groups is 2. The van der Waals surface area contributed by atoms with Crippen LogP contribution in [0.1, 0.15) is 44.6 Å². The Labute approximate surface area is 183 Å². The number of amides is 2. The van der Waals surface area contributed by atoms with E-state index >= 15 is 0 Å². The van der Waals surface area contributed by atoms with Gasteiger partial charge in [0.25, 0.3) is 5.91 Å². The predicted octanol–water partition coefficient (Wildman–Crippen LogP) is 4.29. The minimum absolute atomic E-state index is 0.0602. The smallest absolute Gasteiger partial charge is 0.251 e. The van der Waals surface area contributed by atoms with Gasteiger partial charge in [0.2, 0.25) is 5.91 Å². The van der Waals surface area contributed by atoms with Gasteiger partial charge < -0.3 is 10.6 Å². The van der Waals surface area contributed by atoms with Crippen LogP contribution in [0.25, 0.3) is 0 Å². The van der Waals surface area contributed by atoms with Gasteiger partial charge in [0.15, 0.2) is 0 Å². The van der Waals surface area contributed by atoms with E-state index in [2.05, 4.69) is 44.5 Å². The number of hydrogen-bond donors (Lipinski definition) is 2. The number of anilines is 1. The number of fused-ring (bicyclic) bond motifs is 1. The maximum atomic E-state index is 12.9. The van der Waals surface area contributed by atoms with Gasteiger partial charge in [0.05, 0.1) is 12.6 Å². The maximum Gasteiger partial charge on any atom is 0.251 e. The van der Waals surface area contributed by atoms with E-state index in [-0.39, 0.29) is 17.9 Å². The normalized spacial score (nSPS) is 18.6. The molecule has 0 bridgehead atoms. The Kier molecular flexibility index (Phi) is 5.41. The van der Waals surface area contributed by atoms with E-state index in [1.54, 1.807) is 34.8 Å². The summed E-state index contributed by atoms with van der Waals surface area (Å²) in [5.74, 6) is -0.137. The van der Waals surface area contributed by atoms with E-state index < -0.39 is 0 Å². The molecule has 0 radical (unpaired) electrons. The molecule has 154 valence electrons. The molecule has 1 aliphatic carbocycles. The second kappa shape index (κ2) is 8.34. The first-order valence-corrected chi connectivity index (χ1v) is 12.0. The summed E-state index contributed by atoms with van der Waals surface area (Å²) in [6, 6.07) is 14.0. The van der Waals surface area contributed by atoms with Crippen molar-refractivity contribution in [1.29, 1.82) is 0 Å². The zero-order valence-corrected chi connectivity index (χ0v) is 18.1. The Morgan fingerprint density at radius 3 is 2.77 bits per heavy atom. The first kappa shape index (κ1) is 19.5. The molecular weight excluding hydrogens is 414 g/mol. The van der Waals surface area contributed by atoms with Gasteiger partial charge in [-0.1, -0.05) is 12.1 Å². The van der Waals surface area contributed by atoms with Crippen molar-refractivity contribution in [2.45, 2.75) is 31.3 Å². The standard InChI is InChI=1S/C23H23N3O2S2/c27-21(24-17-4-1-3-15(13-17)23(28)25-16-6-7-16)14-26-10-8-19-18(9-12-30-19)22(26)20-5-2-11-29-20/h1-5,9,11-13,16,22H,6-8,10,14H2,(H,24,27)(H,25,28). The van der Waals surface area contributed by atoms with E-state index in [0.29, 0.717) is 23.8 Å². The van der Waals surface area contributed by atoms with Crippen LogP contribution in [-0.2, 0) is 11.2 Å². The van der Waals surface area contributed by atoms with Crippen LogP contribution in [0, 0.1) is 0 Å². The summed E-state index contributed by atoms with van der Waals surface area (Å²) in [7, 11) is 0. The number of rotatable bonds is 6. The lowest BCUT2D eigenvalue weighted by Gasteiger charge is -2.34. The van der Waals surface area contributed by atoms with Crippen LogP contribution >= 0.6 is 22.7 Å². The average Bonchev–Trinajstić information content (AvgIpc) is 3.18. The van der Waals surface area contributed by atoms with Crippen LogP contribution < -0.4 is 10.6 Å². The predicted molar refractivity (Wildman–Crippen MR) is 121 cm³/mol. The van der Waals surface area contributed by atoms with Gasteiger partial charge >= 0.3 is 0 Å². The summed E-state index contributed by atoms with van der Waals surface area (Å²) in [6.45, 7) is 1.17. The Morgan fingerprint density at radius 2 is 1.97 bits per heavy atom. The van der Waals surface area contributed by atoms with E-state index in [0.717, 1.165) is 25.8 Å².